The molecule has 0 aromatic heterocycles. The number of nitrogens with one attached hydrogen (secondary N) is 1. The minimum Gasteiger partial charge on any atom is -0.395 e. The lowest BCUT2D eigenvalue weighted by Gasteiger charge is -2.33. The minimum absolute atomic E-state index is 0.140. The second-order valence-corrected chi connectivity index (χ2v) is 5.49. The molecule has 108 valence electrons. The first kappa shape index (κ1) is 15.1. The number of rotatable bonds is 6. The van der Waals surface area contributed by atoms with Crippen LogP contribution < -0.4 is 5.32 Å². The minimum atomic E-state index is 0.140. The van der Waals surface area contributed by atoms with Crippen LogP contribution in [0, 0.1) is 12.3 Å². The summed E-state index contributed by atoms with van der Waals surface area (Å²) in [4.78, 5) is 2.31. The van der Waals surface area contributed by atoms with Crippen LogP contribution in [0.4, 0.5) is 0 Å². The molecular weight excluding hydrogens is 248 g/mol. The van der Waals surface area contributed by atoms with Crippen LogP contribution in [0.25, 0.3) is 0 Å². The molecule has 1 aliphatic rings. The van der Waals surface area contributed by atoms with E-state index < -0.39 is 0 Å². The third-order valence-electron chi connectivity index (χ3n) is 3.92. The summed E-state index contributed by atoms with van der Waals surface area (Å²) >= 11 is 0. The fraction of sp³-hybridized carbons (Fsp3) is 0.529. The van der Waals surface area contributed by atoms with Gasteiger partial charge in [0.25, 0.3) is 0 Å². The molecule has 0 bridgehead atoms. The van der Waals surface area contributed by atoms with Crippen LogP contribution >= 0.6 is 0 Å². The highest BCUT2D eigenvalue weighted by molar-refractivity contribution is 5.16. The second kappa shape index (κ2) is 8.06. The molecule has 3 heteroatoms. The summed E-state index contributed by atoms with van der Waals surface area (Å²) in [5.74, 6) is 2.70. The maximum atomic E-state index is 9.55. The standard InChI is InChI=1S/C17H24N2O/c1-2-10-19-11-8-16(9-12-19)18-17(14-20)13-15-6-4-3-5-7-15/h1,3-7,16-18,20H,8-14H2/t17-/m0/s1. The highest BCUT2D eigenvalue weighted by atomic mass is 16.3. The van der Waals surface area contributed by atoms with E-state index in [1.165, 1.54) is 5.56 Å². The van der Waals surface area contributed by atoms with Crippen molar-refractivity contribution in [2.24, 2.45) is 0 Å². The first-order valence-corrected chi connectivity index (χ1v) is 7.38. The van der Waals surface area contributed by atoms with E-state index in [4.69, 9.17) is 6.42 Å². The van der Waals surface area contributed by atoms with Gasteiger partial charge in [0.05, 0.1) is 13.2 Å². The molecule has 1 fully saturated rings. The average molecular weight is 272 g/mol. The molecule has 3 nitrogen and oxygen atoms in total. The lowest BCUT2D eigenvalue weighted by atomic mass is 10.0. The van der Waals surface area contributed by atoms with E-state index in [2.05, 4.69) is 28.3 Å². The Kier molecular flexibility index (Phi) is 6.07. The van der Waals surface area contributed by atoms with Crippen molar-refractivity contribution in [1.29, 1.82) is 0 Å². The maximum absolute atomic E-state index is 9.55. The number of benzene rings is 1. The van der Waals surface area contributed by atoms with Gasteiger partial charge >= 0.3 is 0 Å². The quantitative estimate of drug-likeness (QED) is 0.766. The van der Waals surface area contributed by atoms with Crippen LogP contribution in [0.2, 0.25) is 0 Å². The SMILES string of the molecule is C#CCN1CCC(N[C@H](CO)Cc2ccccc2)CC1. The van der Waals surface area contributed by atoms with Crippen LogP contribution in [0.5, 0.6) is 0 Å². The number of hydrogen-bond acceptors (Lipinski definition) is 3. The van der Waals surface area contributed by atoms with Crippen molar-refractivity contribution in [1.82, 2.24) is 10.2 Å². The van der Waals surface area contributed by atoms with Gasteiger partial charge in [-0.1, -0.05) is 36.3 Å². The topological polar surface area (TPSA) is 35.5 Å². The Morgan fingerprint density at radius 1 is 1.30 bits per heavy atom. The molecule has 1 heterocycles. The van der Waals surface area contributed by atoms with Gasteiger partial charge in [0, 0.05) is 25.2 Å². The van der Waals surface area contributed by atoms with Gasteiger partial charge in [-0.2, -0.15) is 0 Å². The zero-order valence-electron chi connectivity index (χ0n) is 12.0. The molecular formula is C17H24N2O. The third-order valence-corrected chi connectivity index (χ3v) is 3.92. The molecule has 0 saturated carbocycles. The molecule has 1 atom stereocenters. The number of aliphatic hydroxyl groups is 1. The smallest absolute Gasteiger partial charge is 0.0598 e. The van der Waals surface area contributed by atoms with Crippen LogP contribution in [0.3, 0.4) is 0 Å². The number of likely N-dealkylation sites (tertiary alicyclic amines) is 1. The van der Waals surface area contributed by atoms with Crippen molar-refractivity contribution in [2.75, 3.05) is 26.2 Å². The van der Waals surface area contributed by atoms with E-state index in [1.807, 2.05) is 18.2 Å². The Bertz CT molecular complexity index is 418. The fourth-order valence-corrected chi connectivity index (χ4v) is 2.79. The monoisotopic (exact) mass is 272 g/mol. The van der Waals surface area contributed by atoms with E-state index in [9.17, 15) is 5.11 Å². The first-order chi connectivity index (χ1) is 9.81. The highest BCUT2D eigenvalue weighted by Gasteiger charge is 2.21. The Morgan fingerprint density at radius 3 is 2.60 bits per heavy atom. The van der Waals surface area contributed by atoms with Gasteiger partial charge in [0.15, 0.2) is 0 Å². The molecule has 1 aromatic rings. The number of nitrogens with zero attached hydrogens (tertiary/aromatic N) is 1. The van der Waals surface area contributed by atoms with Crippen LogP contribution in [0.1, 0.15) is 18.4 Å². The Labute approximate surface area is 122 Å². The van der Waals surface area contributed by atoms with E-state index in [0.717, 1.165) is 38.9 Å². The molecule has 0 unspecified atom stereocenters. The Morgan fingerprint density at radius 2 is 2.00 bits per heavy atom. The summed E-state index contributed by atoms with van der Waals surface area (Å²) in [5.41, 5.74) is 1.27. The first-order valence-electron chi connectivity index (χ1n) is 7.38. The zero-order chi connectivity index (χ0) is 14.2. The van der Waals surface area contributed by atoms with Gasteiger partial charge in [-0.3, -0.25) is 4.90 Å². The van der Waals surface area contributed by atoms with Gasteiger partial charge in [-0.25, -0.2) is 0 Å². The van der Waals surface area contributed by atoms with E-state index in [1.54, 1.807) is 0 Å². The van der Waals surface area contributed by atoms with Crippen molar-refractivity contribution in [2.45, 2.75) is 31.3 Å². The van der Waals surface area contributed by atoms with Crippen molar-refractivity contribution in [3.63, 3.8) is 0 Å². The molecule has 2 N–H and O–H groups in total. The summed E-state index contributed by atoms with van der Waals surface area (Å²) in [7, 11) is 0. The Hall–Kier alpha value is -1.34. The van der Waals surface area contributed by atoms with Crippen molar-refractivity contribution >= 4 is 0 Å². The molecule has 1 aliphatic heterocycles. The van der Waals surface area contributed by atoms with E-state index in [-0.39, 0.29) is 12.6 Å². The van der Waals surface area contributed by atoms with Gasteiger partial charge < -0.3 is 10.4 Å². The molecule has 2 rings (SSSR count). The molecule has 1 saturated heterocycles. The molecule has 0 aliphatic carbocycles. The van der Waals surface area contributed by atoms with Crippen molar-refractivity contribution in [3.8, 4) is 12.3 Å². The summed E-state index contributed by atoms with van der Waals surface area (Å²) in [6.45, 7) is 3.02. The molecule has 20 heavy (non-hydrogen) atoms. The van der Waals surface area contributed by atoms with Gasteiger partial charge in [-0.15, -0.1) is 6.42 Å². The Balaban J connectivity index is 1.78. The predicted molar refractivity (Wildman–Crippen MR) is 82.5 cm³/mol. The van der Waals surface area contributed by atoms with Crippen molar-refractivity contribution in [3.05, 3.63) is 35.9 Å². The molecule has 1 aromatic carbocycles. The number of piperidine rings is 1. The van der Waals surface area contributed by atoms with Gasteiger partial charge in [0.2, 0.25) is 0 Å². The van der Waals surface area contributed by atoms with Crippen molar-refractivity contribution < 1.29 is 5.11 Å². The summed E-state index contributed by atoms with van der Waals surface area (Å²) in [6, 6.07) is 11.0. The summed E-state index contributed by atoms with van der Waals surface area (Å²) in [6.07, 6.45) is 8.43. The maximum Gasteiger partial charge on any atom is 0.0598 e. The highest BCUT2D eigenvalue weighted by Crippen LogP contribution is 2.12. The van der Waals surface area contributed by atoms with Gasteiger partial charge in [-0.05, 0) is 24.8 Å². The zero-order valence-corrected chi connectivity index (χ0v) is 12.0. The molecule has 0 radical (unpaired) electrons. The lowest BCUT2D eigenvalue weighted by Crippen LogP contribution is -2.48. The number of hydrogen-bond donors (Lipinski definition) is 2. The summed E-state index contributed by atoms with van der Waals surface area (Å²) in [5, 5.41) is 13.1. The lowest BCUT2D eigenvalue weighted by molar-refractivity contribution is 0.182. The van der Waals surface area contributed by atoms with Crippen LogP contribution in [-0.2, 0) is 6.42 Å². The number of aliphatic hydroxyl groups excluding tert-OH is 1. The van der Waals surface area contributed by atoms with Crippen LogP contribution in [0.15, 0.2) is 30.3 Å². The third kappa shape index (κ3) is 4.64. The van der Waals surface area contributed by atoms with E-state index in [0.29, 0.717) is 6.04 Å². The largest absolute Gasteiger partial charge is 0.395 e. The predicted octanol–water partition coefficient (Wildman–Crippen LogP) is 1.28. The fourth-order valence-electron chi connectivity index (χ4n) is 2.79. The molecule has 0 amide bonds. The van der Waals surface area contributed by atoms with E-state index >= 15 is 0 Å². The van der Waals surface area contributed by atoms with Crippen LogP contribution in [-0.4, -0.2) is 48.3 Å². The number of terminal acetylenes is 1. The van der Waals surface area contributed by atoms with Gasteiger partial charge in [0.1, 0.15) is 0 Å². The normalized spacial score (nSPS) is 18.6. The molecule has 0 spiro atoms. The second-order valence-electron chi connectivity index (χ2n) is 5.49. The average Bonchev–Trinajstić information content (AvgIpc) is 2.50. The summed E-state index contributed by atoms with van der Waals surface area (Å²) < 4.78 is 0.